The summed E-state index contributed by atoms with van der Waals surface area (Å²) in [6.07, 6.45) is 0. The van der Waals surface area contributed by atoms with E-state index < -0.39 is 0 Å². The molecule has 0 amide bonds. The predicted octanol–water partition coefficient (Wildman–Crippen LogP) is 2.89. The number of ether oxygens (including phenoxy) is 1. The number of aryl methyl sites for hydroxylation is 2. The highest BCUT2D eigenvalue weighted by molar-refractivity contribution is 5.39. The smallest absolute Gasteiger partial charge is 0.139 e. The van der Waals surface area contributed by atoms with Gasteiger partial charge in [-0.25, -0.2) is 0 Å². The second kappa shape index (κ2) is 7.39. The third-order valence-electron chi connectivity index (χ3n) is 1.77. The van der Waals surface area contributed by atoms with Crippen molar-refractivity contribution in [2.24, 2.45) is 0 Å². The van der Waals surface area contributed by atoms with Crippen LogP contribution in [0.15, 0.2) is 18.2 Å². The fourth-order valence-electron chi connectivity index (χ4n) is 1.17. The molecule has 1 aromatic carbocycles. The molecule has 0 spiro atoms. The molecule has 0 aliphatic heterocycles. The standard InChI is InChI=1S/C10H15NO.C2H6/c1-8-5-4-6-9(2)10(8)12-7-11-3;1-2/h4-6,11H,7H2,1-3H3;1-2H3. The lowest BCUT2D eigenvalue weighted by Gasteiger charge is -2.10. The highest BCUT2D eigenvalue weighted by atomic mass is 16.5. The molecule has 14 heavy (non-hydrogen) atoms. The number of nitrogens with one attached hydrogen (secondary N) is 1. The van der Waals surface area contributed by atoms with E-state index in [1.807, 2.05) is 27.0 Å². The van der Waals surface area contributed by atoms with Gasteiger partial charge in [0.1, 0.15) is 12.5 Å². The molecular formula is C12H21NO. The molecule has 0 radical (unpaired) electrons. The highest BCUT2D eigenvalue weighted by Gasteiger charge is 2.00. The molecule has 0 saturated carbocycles. The summed E-state index contributed by atoms with van der Waals surface area (Å²) in [6.45, 7) is 8.67. The van der Waals surface area contributed by atoms with E-state index in [1.54, 1.807) is 0 Å². The second-order valence-corrected chi connectivity index (χ2v) is 2.86. The van der Waals surface area contributed by atoms with Crippen LogP contribution in [0.4, 0.5) is 0 Å². The van der Waals surface area contributed by atoms with Gasteiger partial charge in [-0.2, -0.15) is 0 Å². The summed E-state index contributed by atoms with van der Waals surface area (Å²) in [4.78, 5) is 0. The van der Waals surface area contributed by atoms with Crippen molar-refractivity contribution < 1.29 is 4.74 Å². The Morgan fingerprint density at radius 2 is 1.64 bits per heavy atom. The topological polar surface area (TPSA) is 21.3 Å². The minimum Gasteiger partial charge on any atom is -0.478 e. The van der Waals surface area contributed by atoms with Crippen molar-refractivity contribution in [1.29, 1.82) is 0 Å². The molecule has 1 N–H and O–H groups in total. The van der Waals surface area contributed by atoms with Gasteiger partial charge in [0, 0.05) is 0 Å². The summed E-state index contributed by atoms with van der Waals surface area (Å²) in [7, 11) is 1.87. The van der Waals surface area contributed by atoms with E-state index in [1.165, 1.54) is 11.1 Å². The van der Waals surface area contributed by atoms with Gasteiger partial charge in [-0.1, -0.05) is 32.0 Å². The summed E-state index contributed by atoms with van der Waals surface area (Å²) in [6, 6.07) is 6.15. The number of hydrogen-bond acceptors (Lipinski definition) is 2. The fourth-order valence-corrected chi connectivity index (χ4v) is 1.17. The van der Waals surface area contributed by atoms with Gasteiger partial charge in [-0.05, 0) is 32.0 Å². The Labute approximate surface area is 87.3 Å². The van der Waals surface area contributed by atoms with Crippen molar-refractivity contribution in [3.8, 4) is 5.75 Å². The minimum absolute atomic E-state index is 0.561. The van der Waals surface area contributed by atoms with Crippen LogP contribution in [0.25, 0.3) is 0 Å². The first-order valence-electron chi connectivity index (χ1n) is 5.09. The van der Waals surface area contributed by atoms with Crippen LogP contribution in [0.2, 0.25) is 0 Å². The van der Waals surface area contributed by atoms with Crippen LogP contribution < -0.4 is 10.1 Å². The largest absolute Gasteiger partial charge is 0.478 e. The Hall–Kier alpha value is -1.02. The highest BCUT2D eigenvalue weighted by Crippen LogP contribution is 2.21. The molecule has 1 aromatic rings. The van der Waals surface area contributed by atoms with Crippen LogP contribution in [0.3, 0.4) is 0 Å². The van der Waals surface area contributed by atoms with Crippen LogP contribution in [-0.2, 0) is 0 Å². The van der Waals surface area contributed by atoms with Gasteiger partial charge in [0.05, 0.1) is 0 Å². The molecule has 2 nitrogen and oxygen atoms in total. The maximum absolute atomic E-state index is 5.51. The number of hydrogen-bond donors (Lipinski definition) is 1. The third-order valence-corrected chi connectivity index (χ3v) is 1.77. The molecule has 0 aromatic heterocycles. The quantitative estimate of drug-likeness (QED) is 0.749. The van der Waals surface area contributed by atoms with E-state index in [2.05, 4.69) is 31.3 Å². The van der Waals surface area contributed by atoms with Crippen LogP contribution in [0.5, 0.6) is 5.75 Å². The van der Waals surface area contributed by atoms with Crippen LogP contribution in [-0.4, -0.2) is 13.8 Å². The number of rotatable bonds is 3. The van der Waals surface area contributed by atoms with E-state index in [0.29, 0.717) is 6.73 Å². The fraction of sp³-hybridized carbons (Fsp3) is 0.500. The summed E-state index contributed by atoms with van der Waals surface area (Å²) >= 11 is 0. The first kappa shape index (κ1) is 13.0. The molecule has 0 aliphatic carbocycles. The van der Waals surface area contributed by atoms with E-state index in [-0.39, 0.29) is 0 Å². The van der Waals surface area contributed by atoms with Gasteiger partial charge < -0.3 is 4.74 Å². The normalized spacial score (nSPS) is 8.93. The second-order valence-electron chi connectivity index (χ2n) is 2.86. The lowest BCUT2D eigenvalue weighted by atomic mass is 10.1. The molecule has 1 rings (SSSR count). The predicted molar refractivity (Wildman–Crippen MR) is 61.8 cm³/mol. The Morgan fingerprint density at radius 1 is 1.14 bits per heavy atom. The molecular weight excluding hydrogens is 174 g/mol. The number of para-hydroxylation sites is 1. The maximum Gasteiger partial charge on any atom is 0.139 e. The Bertz CT molecular complexity index is 238. The van der Waals surface area contributed by atoms with E-state index in [4.69, 9.17) is 4.74 Å². The molecule has 0 unspecified atom stereocenters. The van der Waals surface area contributed by atoms with E-state index >= 15 is 0 Å². The zero-order valence-electron chi connectivity index (χ0n) is 9.85. The van der Waals surface area contributed by atoms with Crippen molar-refractivity contribution >= 4 is 0 Å². The van der Waals surface area contributed by atoms with Crippen LogP contribution in [0, 0.1) is 13.8 Å². The van der Waals surface area contributed by atoms with Crippen molar-refractivity contribution in [2.75, 3.05) is 13.8 Å². The van der Waals surface area contributed by atoms with E-state index in [9.17, 15) is 0 Å². The van der Waals surface area contributed by atoms with Gasteiger partial charge in [-0.15, -0.1) is 0 Å². The zero-order valence-corrected chi connectivity index (χ0v) is 9.85. The van der Waals surface area contributed by atoms with Crippen molar-refractivity contribution in [3.63, 3.8) is 0 Å². The third kappa shape index (κ3) is 3.79. The Kier molecular flexibility index (Phi) is 6.85. The first-order valence-corrected chi connectivity index (χ1v) is 5.09. The summed E-state index contributed by atoms with van der Waals surface area (Å²) < 4.78 is 5.51. The monoisotopic (exact) mass is 195 g/mol. The van der Waals surface area contributed by atoms with Gasteiger partial charge >= 0.3 is 0 Å². The number of benzene rings is 1. The average Bonchev–Trinajstić information content (AvgIpc) is 2.20. The lowest BCUT2D eigenvalue weighted by molar-refractivity contribution is 0.292. The molecule has 80 valence electrons. The summed E-state index contributed by atoms with van der Waals surface area (Å²) in [5.41, 5.74) is 2.37. The van der Waals surface area contributed by atoms with Crippen LogP contribution >= 0.6 is 0 Å². The molecule has 0 saturated heterocycles. The molecule has 2 heteroatoms. The van der Waals surface area contributed by atoms with Gasteiger partial charge in [0.15, 0.2) is 0 Å². The Balaban J connectivity index is 0.000000791. The zero-order chi connectivity index (χ0) is 11.0. The lowest BCUT2D eigenvalue weighted by Crippen LogP contribution is -2.15. The summed E-state index contributed by atoms with van der Waals surface area (Å²) in [5.74, 6) is 0.992. The molecule has 0 heterocycles. The molecule has 0 aliphatic rings. The molecule has 0 bridgehead atoms. The summed E-state index contributed by atoms with van der Waals surface area (Å²) in [5, 5.41) is 2.95. The van der Waals surface area contributed by atoms with Gasteiger partial charge in [-0.3, -0.25) is 5.32 Å². The van der Waals surface area contributed by atoms with Gasteiger partial charge in [0.25, 0.3) is 0 Å². The van der Waals surface area contributed by atoms with E-state index in [0.717, 1.165) is 5.75 Å². The van der Waals surface area contributed by atoms with Gasteiger partial charge in [0.2, 0.25) is 0 Å². The first-order chi connectivity index (χ1) is 6.75. The maximum atomic E-state index is 5.51. The van der Waals surface area contributed by atoms with Crippen LogP contribution in [0.1, 0.15) is 25.0 Å². The molecule has 0 fully saturated rings. The van der Waals surface area contributed by atoms with Crippen molar-refractivity contribution in [2.45, 2.75) is 27.7 Å². The van der Waals surface area contributed by atoms with Crippen molar-refractivity contribution in [3.05, 3.63) is 29.3 Å². The molecule has 0 atom stereocenters. The SMILES string of the molecule is CC.CNCOc1c(C)cccc1C. The van der Waals surface area contributed by atoms with Crippen molar-refractivity contribution in [1.82, 2.24) is 5.32 Å². The minimum atomic E-state index is 0.561. The Morgan fingerprint density at radius 3 is 2.07 bits per heavy atom. The average molecular weight is 195 g/mol.